The van der Waals surface area contributed by atoms with E-state index < -0.39 is 9.84 Å². The number of amides is 2. The Kier molecular flexibility index (Phi) is 6.14. The SMILES string of the molecule is O=C(NCc1ccccc1F)C1CCC(C(=O)NC2CCS(=O)(=O)C2)CC1. The van der Waals surface area contributed by atoms with E-state index in [4.69, 9.17) is 0 Å². The van der Waals surface area contributed by atoms with Crippen LogP contribution < -0.4 is 10.6 Å². The summed E-state index contributed by atoms with van der Waals surface area (Å²) in [5, 5.41) is 5.62. The van der Waals surface area contributed by atoms with Crippen LogP contribution >= 0.6 is 0 Å². The summed E-state index contributed by atoms with van der Waals surface area (Å²) in [7, 11) is -3.02. The molecule has 1 aromatic rings. The van der Waals surface area contributed by atoms with Gasteiger partial charge in [0, 0.05) is 30.0 Å². The Balaban J connectivity index is 1.42. The van der Waals surface area contributed by atoms with Crippen LogP contribution in [-0.4, -0.2) is 37.8 Å². The summed E-state index contributed by atoms with van der Waals surface area (Å²) in [5.41, 5.74) is 0.449. The predicted molar refractivity (Wildman–Crippen MR) is 98.9 cm³/mol. The van der Waals surface area contributed by atoms with Crippen LogP contribution in [0, 0.1) is 17.7 Å². The minimum Gasteiger partial charge on any atom is -0.352 e. The van der Waals surface area contributed by atoms with Crippen molar-refractivity contribution in [1.29, 1.82) is 0 Å². The van der Waals surface area contributed by atoms with Crippen molar-refractivity contribution in [1.82, 2.24) is 10.6 Å². The van der Waals surface area contributed by atoms with Gasteiger partial charge in [0.2, 0.25) is 11.8 Å². The molecule has 6 nitrogen and oxygen atoms in total. The van der Waals surface area contributed by atoms with Gasteiger partial charge in [0.1, 0.15) is 5.82 Å². The maximum Gasteiger partial charge on any atom is 0.223 e. The molecule has 1 atom stereocenters. The van der Waals surface area contributed by atoms with Gasteiger partial charge in [0.25, 0.3) is 0 Å². The lowest BCUT2D eigenvalue weighted by Crippen LogP contribution is -2.42. The quantitative estimate of drug-likeness (QED) is 0.790. The first kappa shape index (κ1) is 19.8. The molecule has 1 aromatic carbocycles. The zero-order chi connectivity index (χ0) is 19.4. The van der Waals surface area contributed by atoms with E-state index in [2.05, 4.69) is 10.6 Å². The lowest BCUT2D eigenvalue weighted by atomic mass is 9.81. The molecule has 1 unspecified atom stereocenters. The molecular formula is C19H25FN2O4S. The zero-order valence-electron chi connectivity index (χ0n) is 15.1. The van der Waals surface area contributed by atoms with Gasteiger partial charge in [0.15, 0.2) is 9.84 Å². The summed E-state index contributed by atoms with van der Waals surface area (Å²) in [6.45, 7) is 0.155. The highest BCUT2D eigenvalue weighted by atomic mass is 32.2. The summed E-state index contributed by atoms with van der Waals surface area (Å²) in [6.07, 6.45) is 2.88. The van der Waals surface area contributed by atoms with E-state index in [-0.39, 0.29) is 53.6 Å². The zero-order valence-corrected chi connectivity index (χ0v) is 15.9. The van der Waals surface area contributed by atoms with Crippen molar-refractivity contribution >= 4 is 21.7 Å². The molecule has 1 saturated heterocycles. The van der Waals surface area contributed by atoms with Gasteiger partial charge in [-0.15, -0.1) is 0 Å². The minimum atomic E-state index is -3.02. The molecule has 0 aromatic heterocycles. The second kappa shape index (κ2) is 8.37. The van der Waals surface area contributed by atoms with Gasteiger partial charge >= 0.3 is 0 Å². The topological polar surface area (TPSA) is 92.3 Å². The monoisotopic (exact) mass is 396 g/mol. The molecule has 27 heavy (non-hydrogen) atoms. The molecule has 0 radical (unpaired) electrons. The van der Waals surface area contributed by atoms with Crippen LogP contribution in [0.5, 0.6) is 0 Å². The number of carbonyl (C=O) groups excluding carboxylic acids is 2. The summed E-state index contributed by atoms with van der Waals surface area (Å²) >= 11 is 0. The third-order valence-corrected chi connectivity index (χ3v) is 7.23. The van der Waals surface area contributed by atoms with Gasteiger partial charge < -0.3 is 10.6 Å². The van der Waals surface area contributed by atoms with Crippen LogP contribution in [0.3, 0.4) is 0 Å². The number of hydrogen-bond acceptors (Lipinski definition) is 4. The van der Waals surface area contributed by atoms with E-state index in [0.717, 1.165) is 0 Å². The number of carbonyl (C=O) groups is 2. The predicted octanol–water partition coefficient (Wildman–Crippen LogP) is 1.55. The molecule has 1 heterocycles. The van der Waals surface area contributed by atoms with Gasteiger partial charge in [-0.3, -0.25) is 9.59 Å². The van der Waals surface area contributed by atoms with Gasteiger partial charge in [-0.2, -0.15) is 0 Å². The number of nitrogens with one attached hydrogen (secondary N) is 2. The third kappa shape index (κ3) is 5.28. The summed E-state index contributed by atoms with van der Waals surface area (Å²) in [6, 6.07) is 6.04. The second-order valence-corrected chi connectivity index (χ2v) is 9.70. The normalized spacial score (nSPS) is 27.1. The highest BCUT2D eigenvalue weighted by Gasteiger charge is 2.33. The average Bonchev–Trinajstić information content (AvgIpc) is 2.99. The van der Waals surface area contributed by atoms with E-state index in [1.807, 2.05) is 0 Å². The number of rotatable bonds is 5. The molecule has 2 amide bonds. The Morgan fingerprint density at radius 3 is 2.22 bits per heavy atom. The first-order chi connectivity index (χ1) is 12.8. The molecule has 148 valence electrons. The molecule has 1 aliphatic carbocycles. The van der Waals surface area contributed by atoms with Crippen molar-refractivity contribution in [2.24, 2.45) is 11.8 Å². The first-order valence-corrected chi connectivity index (χ1v) is 11.2. The highest BCUT2D eigenvalue weighted by molar-refractivity contribution is 7.91. The van der Waals surface area contributed by atoms with Crippen molar-refractivity contribution in [3.8, 4) is 0 Å². The fraction of sp³-hybridized carbons (Fsp3) is 0.579. The number of halogens is 1. The molecular weight excluding hydrogens is 371 g/mol. The van der Waals surface area contributed by atoms with Gasteiger partial charge in [-0.05, 0) is 38.2 Å². The molecule has 2 fully saturated rings. The van der Waals surface area contributed by atoms with Crippen molar-refractivity contribution in [3.63, 3.8) is 0 Å². The van der Waals surface area contributed by atoms with Crippen molar-refractivity contribution < 1.29 is 22.4 Å². The number of benzene rings is 1. The van der Waals surface area contributed by atoms with E-state index in [9.17, 15) is 22.4 Å². The van der Waals surface area contributed by atoms with Gasteiger partial charge in [0.05, 0.1) is 11.5 Å². The summed E-state index contributed by atoms with van der Waals surface area (Å²) in [5.74, 6) is -0.760. The Labute approximate surface area is 158 Å². The highest BCUT2D eigenvalue weighted by Crippen LogP contribution is 2.29. The fourth-order valence-corrected chi connectivity index (χ4v) is 5.49. The van der Waals surface area contributed by atoms with Gasteiger partial charge in [-0.1, -0.05) is 18.2 Å². The van der Waals surface area contributed by atoms with Gasteiger partial charge in [-0.25, -0.2) is 12.8 Å². The number of hydrogen-bond donors (Lipinski definition) is 2. The average molecular weight is 396 g/mol. The number of sulfone groups is 1. The molecule has 2 aliphatic rings. The molecule has 8 heteroatoms. The van der Waals surface area contributed by atoms with E-state index in [0.29, 0.717) is 37.7 Å². The molecule has 1 saturated carbocycles. The fourth-order valence-electron chi connectivity index (χ4n) is 3.81. The smallest absolute Gasteiger partial charge is 0.223 e. The molecule has 0 bridgehead atoms. The van der Waals surface area contributed by atoms with Crippen molar-refractivity contribution in [2.75, 3.05) is 11.5 Å². The largest absolute Gasteiger partial charge is 0.352 e. The molecule has 2 N–H and O–H groups in total. The molecule has 0 spiro atoms. The van der Waals surface area contributed by atoms with E-state index in [1.54, 1.807) is 18.2 Å². The third-order valence-electron chi connectivity index (χ3n) is 5.46. The van der Waals surface area contributed by atoms with Crippen LogP contribution in [0.25, 0.3) is 0 Å². The van der Waals surface area contributed by atoms with Crippen molar-refractivity contribution in [2.45, 2.75) is 44.7 Å². The van der Waals surface area contributed by atoms with Crippen molar-refractivity contribution in [3.05, 3.63) is 35.6 Å². The standard InChI is InChI=1S/C19H25FN2O4S/c20-17-4-2-1-3-15(17)11-21-18(23)13-5-7-14(8-6-13)19(24)22-16-9-10-27(25,26)12-16/h1-4,13-14,16H,5-12H2,(H,21,23)(H,22,24). The lowest BCUT2D eigenvalue weighted by molar-refractivity contribution is -0.130. The minimum absolute atomic E-state index is 0.0204. The van der Waals surface area contributed by atoms with Crippen LogP contribution in [-0.2, 0) is 26.0 Å². The Bertz CT molecular complexity index is 804. The second-order valence-electron chi connectivity index (χ2n) is 7.47. The Hall–Kier alpha value is -1.96. The summed E-state index contributed by atoms with van der Waals surface area (Å²) < 4.78 is 36.6. The van der Waals surface area contributed by atoms with Crippen LogP contribution in [0.4, 0.5) is 4.39 Å². The Morgan fingerprint density at radius 1 is 1.00 bits per heavy atom. The molecule has 1 aliphatic heterocycles. The van der Waals surface area contributed by atoms with E-state index in [1.165, 1.54) is 6.07 Å². The Morgan fingerprint density at radius 2 is 1.63 bits per heavy atom. The maximum absolute atomic E-state index is 13.6. The van der Waals surface area contributed by atoms with Crippen LogP contribution in [0.1, 0.15) is 37.7 Å². The van der Waals surface area contributed by atoms with Crippen LogP contribution in [0.2, 0.25) is 0 Å². The lowest BCUT2D eigenvalue weighted by Gasteiger charge is -2.28. The van der Waals surface area contributed by atoms with Crippen LogP contribution in [0.15, 0.2) is 24.3 Å². The first-order valence-electron chi connectivity index (χ1n) is 9.36. The maximum atomic E-state index is 13.6. The summed E-state index contributed by atoms with van der Waals surface area (Å²) in [4.78, 5) is 24.7. The van der Waals surface area contributed by atoms with E-state index >= 15 is 0 Å². The molecule has 3 rings (SSSR count).